The predicted molar refractivity (Wildman–Crippen MR) is 55.2 cm³/mol. The normalized spacial score (nSPS) is 14.9. The van der Waals surface area contributed by atoms with E-state index in [2.05, 4.69) is 0 Å². The smallest absolute Gasteiger partial charge is 0.347 e. The van der Waals surface area contributed by atoms with Crippen molar-refractivity contribution in [1.29, 1.82) is 0 Å². The van der Waals surface area contributed by atoms with Crippen LogP contribution in [0.15, 0.2) is 12.2 Å². The first-order chi connectivity index (χ1) is 7.65. The second-order valence-corrected chi connectivity index (χ2v) is 3.66. The SMILES string of the molecule is CCCCCC(=O)OC[NH+]1C(=O)C=CC1=O.[Cl-]. The van der Waals surface area contributed by atoms with Gasteiger partial charge in [-0.05, 0) is 6.42 Å². The number of ether oxygens (including phenoxy) is 1. The number of carbonyl (C=O) groups excluding carboxylic acids is 3. The minimum absolute atomic E-state index is 0. The first-order valence-corrected chi connectivity index (χ1v) is 5.43. The Kier molecular flexibility index (Phi) is 7.41. The Hall–Kier alpha value is -1.20. The Balaban J connectivity index is 0.00000256. The van der Waals surface area contributed by atoms with Crippen LogP contribution in [0.2, 0.25) is 0 Å². The van der Waals surface area contributed by atoms with E-state index >= 15 is 0 Å². The average Bonchev–Trinajstić information content (AvgIpc) is 2.57. The lowest BCUT2D eigenvalue weighted by Crippen LogP contribution is -3.15. The van der Waals surface area contributed by atoms with Crippen molar-refractivity contribution in [1.82, 2.24) is 0 Å². The molecule has 1 rings (SSSR count). The molecule has 0 aromatic rings. The van der Waals surface area contributed by atoms with Crippen molar-refractivity contribution in [3.8, 4) is 0 Å². The second-order valence-electron chi connectivity index (χ2n) is 3.66. The lowest BCUT2D eigenvalue weighted by Gasteiger charge is -2.08. The van der Waals surface area contributed by atoms with Crippen molar-refractivity contribution >= 4 is 17.8 Å². The fraction of sp³-hybridized carbons (Fsp3) is 0.545. The summed E-state index contributed by atoms with van der Waals surface area (Å²) in [6.07, 6.45) is 5.53. The van der Waals surface area contributed by atoms with E-state index in [-0.39, 0.29) is 41.8 Å². The standard InChI is InChI=1S/C11H15NO4.ClH/c1-2-3-4-5-11(15)16-8-12-9(13)6-7-10(12)14;/h6-7H,2-5,8H2,1H3;1H. The highest BCUT2D eigenvalue weighted by Crippen LogP contribution is 1.99. The molecule has 17 heavy (non-hydrogen) atoms. The zero-order valence-electron chi connectivity index (χ0n) is 9.70. The summed E-state index contributed by atoms with van der Waals surface area (Å²) in [6.45, 7) is 1.85. The van der Waals surface area contributed by atoms with E-state index in [0.29, 0.717) is 6.42 Å². The molecule has 1 heterocycles. The van der Waals surface area contributed by atoms with Gasteiger partial charge in [-0.25, -0.2) is 9.59 Å². The van der Waals surface area contributed by atoms with Gasteiger partial charge in [0.1, 0.15) is 0 Å². The summed E-state index contributed by atoms with van der Waals surface area (Å²) in [7, 11) is 0. The van der Waals surface area contributed by atoms with Crippen molar-refractivity contribution in [2.45, 2.75) is 32.6 Å². The number of rotatable bonds is 6. The van der Waals surface area contributed by atoms with E-state index < -0.39 is 0 Å². The summed E-state index contributed by atoms with van der Waals surface area (Å²) >= 11 is 0. The maximum atomic E-state index is 11.2. The van der Waals surface area contributed by atoms with Gasteiger partial charge in [0.05, 0.1) is 12.2 Å². The maximum Gasteiger partial charge on any atom is 0.347 e. The fourth-order valence-corrected chi connectivity index (χ4v) is 1.36. The number of imide groups is 1. The van der Waals surface area contributed by atoms with Gasteiger partial charge in [0.2, 0.25) is 6.73 Å². The van der Waals surface area contributed by atoms with Gasteiger partial charge in [0.15, 0.2) is 0 Å². The molecule has 0 aliphatic carbocycles. The maximum absolute atomic E-state index is 11.2. The van der Waals surface area contributed by atoms with Crippen LogP contribution in [-0.2, 0) is 19.1 Å². The molecule has 0 unspecified atom stereocenters. The van der Waals surface area contributed by atoms with Gasteiger partial charge in [0.25, 0.3) is 0 Å². The molecule has 0 aromatic carbocycles. The van der Waals surface area contributed by atoms with E-state index in [4.69, 9.17) is 4.74 Å². The number of unbranched alkanes of at least 4 members (excludes halogenated alkanes) is 2. The summed E-state index contributed by atoms with van der Waals surface area (Å²) < 4.78 is 4.86. The molecule has 6 heteroatoms. The molecular weight excluding hydrogens is 246 g/mol. The topological polar surface area (TPSA) is 64.9 Å². The largest absolute Gasteiger partial charge is 1.00 e. The highest BCUT2D eigenvalue weighted by atomic mass is 35.5. The zero-order valence-corrected chi connectivity index (χ0v) is 10.5. The van der Waals surface area contributed by atoms with E-state index in [1.165, 1.54) is 12.2 Å². The van der Waals surface area contributed by atoms with Crippen LogP contribution in [0, 0.1) is 0 Å². The van der Waals surface area contributed by atoms with Crippen molar-refractivity contribution in [2.75, 3.05) is 6.73 Å². The third-order valence-electron chi connectivity index (χ3n) is 2.34. The molecule has 2 amide bonds. The molecule has 0 saturated heterocycles. The molecule has 0 bridgehead atoms. The number of hydrogen-bond acceptors (Lipinski definition) is 4. The molecule has 0 spiro atoms. The van der Waals surface area contributed by atoms with Crippen molar-refractivity contribution in [3.63, 3.8) is 0 Å². The molecule has 1 N–H and O–H groups in total. The molecule has 0 fully saturated rings. The molecule has 1 aliphatic rings. The number of amides is 2. The number of carbonyl (C=O) groups is 3. The molecule has 96 valence electrons. The van der Waals surface area contributed by atoms with E-state index in [9.17, 15) is 14.4 Å². The van der Waals surface area contributed by atoms with Gasteiger partial charge in [0, 0.05) is 6.42 Å². The molecule has 5 nitrogen and oxygen atoms in total. The fourth-order valence-electron chi connectivity index (χ4n) is 1.36. The lowest BCUT2D eigenvalue weighted by molar-refractivity contribution is -0.753. The van der Waals surface area contributed by atoms with Gasteiger partial charge in [-0.1, -0.05) is 19.8 Å². The average molecular weight is 262 g/mol. The van der Waals surface area contributed by atoms with Crippen LogP contribution >= 0.6 is 0 Å². The van der Waals surface area contributed by atoms with Gasteiger partial charge < -0.3 is 17.1 Å². The summed E-state index contributed by atoms with van der Waals surface area (Å²) in [5.74, 6) is -1.06. The monoisotopic (exact) mass is 261 g/mol. The minimum Gasteiger partial charge on any atom is -1.00 e. The van der Waals surface area contributed by atoms with Crippen LogP contribution in [0.3, 0.4) is 0 Å². The molecule has 0 saturated carbocycles. The van der Waals surface area contributed by atoms with Gasteiger partial charge >= 0.3 is 17.8 Å². The van der Waals surface area contributed by atoms with E-state index in [1.54, 1.807) is 0 Å². The number of nitrogens with one attached hydrogen (secondary N) is 1. The van der Waals surface area contributed by atoms with Crippen molar-refractivity contribution < 1.29 is 36.4 Å². The third-order valence-corrected chi connectivity index (χ3v) is 2.34. The zero-order chi connectivity index (χ0) is 12.0. The number of esters is 1. The van der Waals surface area contributed by atoms with Crippen LogP contribution in [0.4, 0.5) is 0 Å². The Labute approximate surface area is 106 Å². The van der Waals surface area contributed by atoms with Crippen LogP contribution in [0.25, 0.3) is 0 Å². The van der Waals surface area contributed by atoms with Gasteiger partial charge in [-0.2, -0.15) is 4.90 Å². The Morgan fingerprint density at radius 3 is 2.35 bits per heavy atom. The molecular formula is C11H16ClNO4. The summed E-state index contributed by atoms with van der Waals surface area (Å²) in [5, 5.41) is 0. The van der Waals surface area contributed by atoms with Crippen LogP contribution in [0.5, 0.6) is 0 Å². The summed E-state index contributed by atoms with van der Waals surface area (Å²) in [5.41, 5.74) is 0. The molecule has 1 aliphatic heterocycles. The Morgan fingerprint density at radius 1 is 1.24 bits per heavy atom. The number of halogens is 1. The molecule has 0 atom stereocenters. The Morgan fingerprint density at radius 2 is 1.82 bits per heavy atom. The summed E-state index contributed by atoms with van der Waals surface area (Å²) in [6, 6.07) is 0. The molecule has 0 radical (unpaired) electrons. The number of hydrogen-bond donors (Lipinski definition) is 1. The van der Waals surface area contributed by atoms with Crippen molar-refractivity contribution in [2.24, 2.45) is 0 Å². The highest BCUT2D eigenvalue weighted by molar-refractivity contribution is 6.01. The van der Waals surface area contributed by atoms with Crippen LogP contribution in [-0.4, -0.2) is 24.5 Å². The third kappa shape index (κ3) is 5.10. The quantitative estimate of drug-likeness (QED) is 0.307. The first-order valence-electron chi connectivity index (χ1n) is 5.43. The lowest BCUT2D eigenvalue weighted by atomic mass is 10.2. The predicted octanol–water partition coefficient (Wildman–Crippen LogP) is -3.42. The van der Waals surface area contributed by atoms with Crippen LogP contribution < -0.4 is 17.3 Å². The van der Waals surface area contributed by atoms with Gasteiger partial charge in [-0.3, -0.25) is 4.79 Å². The highest BCUT2D eigenvalue weighted by Gasteiger charge is 2.30. The van der Waals surface area contributed by atoms with Crippen molar-refractivity contribution in [3.05, 3.63) is 12.2 Å². The first kappa shape index (κ1) is 15.8. The second kappa shape index (κ2) is 7.97. The Bertz CT molecular complexity index is 309. The molecule has 0 aromatic heterocycles. The number of quaternary nitrogens is 1. The van der Waals surface area contributed by atoms with E-state index in [0.717, 1.165) is 19.3 Å². The minimum atomic E-state index is -0.355. The van der Waals surface area contributed by atoms with Crippen LogP contribution in [0.1, 0.15) is 32.6 Å². The summed E-state index contributed by atoms with van der Waals surface area (Å²) in [4.78, 5) is 33.5. The van der Waals surface area contributed by atoms with Gasteiger partial charge in [-0.15, -0.1) is 0 Å². The van der Waals surface area contributed by atoms with E-state index in [1.807, 2.05) is 6.92 Å².